The van der Waals surface area contributed by atoms with Crippen molar-refractivity contribution in [3.8, 4) is 0 Å². The number of aliphatic hydroxyl groups excluding tert-OH is 1. The van der Waals surface area contributed by atoms with Crippen molar-refractivity contribution < 1.29 is 9.90 Å². The van der Waals surface area contributed by atoms with Crippen LogP contribution in [0.25, 0.3) is 0 Å². The maximum atomic E-state index is 12.1. The Kier molecular flexibility index (Phi) is 5.76. The third kappa shape index (κ3) is 4.29. The van der Waals surface area contributed by atoms with Gasteiger partial charge in [0.05, 0.1) is 13.2 Å². The number of nitrogens with one attached hydrogen (secondary N) is 1. The van der Waals surface area contributed by atoms with Gasteiger partial charge in [-0.25, -0.2) is 0 Å². The van der Waals surface area contributed by atoms with Gasteiger partial charge in [-0.1, -0.05) is 44.2 Å². The molecule has 1 aromatic rings. The first kappa shape index (κ1) is 16.0. The summed E-state index contributed by atoms with van der Waals surface area (Å²) >= 11 is 0. The molecule has 116 valence electrons. The number of nitrogens with zero attached hydrogens (tertiary/aromatic N) is 1. The van der Waals surface area contributed by atoms with Crippen LogP contribution < -0.4 is 5.32 Å². The molecule has 1 amide bonds. The summed E-state index contributed by atoms with van der Waals surface area (Å²) in [6, 6.07) is 10.3. The first-order valence-electron chi connectivity index (χ1n) is 7.78. The lowest BCUT2D eigenvalue weighted by Crippen LogP contribution is -2.43. The maximum Gasteiger partial charge on any atom is 0.234 e. The van der Waals surface area contributed by atoms with Gasteiger partial charge in [0.25, 0.3) is 0 Å². The minimum Gasteiger partial charge on any atom is -0.395 e. The SMILES string of the molecule is CC(CNC(=O)CN1CCC(C)C1CO)c1ccccc1. The lowest BCUT2D eigenvalue weighted by atomic mass is 10.0. The molecule has 4 nitrogen and oxygen atoms in total. The van der Waals surface area contributed by atoms with Gasteiger partial charge >= 0.3 is 0 Å². The van der Waals surface area contributed by atoms with Gasteiger partial charge in [0, 0.05) is 12.6 Å². The lowest BCUT2D eigenvalue weighted by molar-refractivity contribution is -0.122. The third-order valence-corrected chi connectivity index (χ3v) is 4.51. The molecule has 3 unspecified atom stereocenters. The molecule has 0 saturated carbocycles. The van der Waals surface area contributed by atoms with Gasteiger partial charge in [0.15, 0.2) is 0 Å². The van der Waals surface area contributed by atoms with Gasteiger partial charge in [-0.15, -0.1) is 0 Å². The number of likely N-dealkylation sites (tertiary alicyclic amines) is 1. The summed E-state index contributed by atoms with van der Waals surface area (Å²) in [7, 11) is 0. The molecular formula is C17H26N2O2. The molecule has 4 heteroatoms. The summed E-state index contributed by atoms with van der Waals surface area (Å²) in [4.78, 5) is 14.2. The van der Waals surface area contributed by atoms with Crippen LogP contribution in [0.15, 0.2) is 30.3 Å². The Hall–Kier alpha value is -1.39. The van der Waals surface area contributed by atoms with E-state index in [1.807, 2.05) is 18.2 Å². The third-order valence-electron chi connectivity index (χ3n) is 4.51. The van der Waals surface area contributed by atoms with Crippen molar-refractivity contribution in [3.63, 3.8) is 0 Å². The van der Waals surface area contributed by atoms with Crippen molar-refractivity contribution in [1.82, 2.24) is 10.2 Å². The summed E-state index contributed by atoms with van der Waals surface area (Å²) in [5.41, 5.74) is 1.24. The van der Waals surface area contributed by atoms with Gasteiger partial charge in [0.1, 0.15) is 0 Å². The Bertz CT molecular complexity index is 449. The van der Waals surface area contributed by atoms with E-state index in [2.05, 4.69) is 36.2 Å². The van der Waals surface area contributed by atoms with Crippen LogP contribution in [0.1, 0.15) is 31.7 Å². The van der Waals surface area contributed by atoms with E-state index in [0.717, 1.165) is 13.0 Å². The van der Waals surface area contributed by atoms with E-state index in [4.69, 9.17) is 0 Å². The minimum atomic E-state index is 0.0466. The molecule has 0 spiro atoms. The Morgan fingerprint density at radius 1 is 1.43 bits per heavy atom. The molecule has 21 heavy (non-hydrogen) atoms. The second-order valence-corrected chi connectivity index (χ2v) is 6.10. The fourth-order valence-corrected chi connectivity index (χ4v) is 2.99. The predicted octanol–water partition coefficient (Wildman–Crippen LogP) is 1.61. The van der Waals surface area contributed by atoms with Crippen LogP contribution >= 0.6 is 0 Å². The Labute approximate surface area is 127 Å². The van der Waals surface area contributed by atoms with Crippen molar-refractivity contribution in [2.24, 2.45) is 5.92 Å². The number of amides is 1. The van der Waals surface area contributed by atoms with Crippen LogP contribution in [-0.4, -0.2) is 48.2 Å². The van der Waals surface area contributed by atoms with E-state index >= 15 is 0 Å². The standard InChI is InChI=1S/C17H26N2O2/c1-13-8-9-19(16(13)12-20)11-17(21)18-10-14(2)15-6-4-3-5-7-15/h3-7,13-14,16,20H,8-12H2,1-2H3,(H,18,21). The smallest absolute Gasteiger partial charge is 0.234 e. The van der Waals surface area contributed by atoms with Crippen LogP contribution in [0.2, 0.25) is 0 Å². The van der Waals surface area contributed by atoms with Gasteiger partial charge in [0.2, 0.25) is 5.91 Å². The fourth-order valence-electron chi connectivity index (χ4n) is 2.99. The second kappa shape index (κ2) is 7.57. The average Bonchev–Trinajstić information content (AvgIpc) is 2.85. The molecule has 1 heterocycles. The molecule has 1 aromatic carbocycles. The predicted molar refractivity (Wildman–Crippen MR) is 84.1 cm³/mol. The van der Waals surface area contributed by atoms with E-state index < -0.39 is 0 Å². The summed E-state index contributed by atoms with van der Waals surface area (Å²) in [6.07, 6.45) is 1.05. The lowest BCUT2D eigenvalue weighted by Gasteiger charge is -2.24. The second-order valence-electron chi connectivity index (χ2n) is 6.10. The Balaban J connectivity index is 1.77. The van der Waals surface area contributed by atoms with Crippen molar-refractivity contribution in [1.29, 1.82) is 0 Å². The number of carbonyl (C=O) groups is 1. The average molecular weight is 290 g/mol. The van der Waals surface area contributed by atoms with E-state index in [9.17, 15) is 9.90 Å². The number of hydrogen-bond donors (Lipinski definition) is 2. The molecule has 0 bridgehead atoms. The molecule has 1 aliphatic heterocycles. The zero-order chi connectivity index (χ0) is 15.2. The molecule has 1 fully saturated rings. The van der Waals surface area contributed by atoms with Crippen LogP contribution in [0.3, 0.4) is 0 Å². The monoisotopic (exact) mass is 290 g/mol. The zero-order valence-electron chi connectivity index (χ0n) is 13.0. The minimum absolute atomic E-state index is 0.0466. The van der Waals surface area contributed by atoms with Crippen molar-refractivity contribution in [2.45, 2.75) is 32.2 Å². The quantitative estimate of drug-likeness (QED) is 0.837. The van der Waals surface area contributed by atoms with E-state index in [1.165, 1.54) is 5.56 Å². The number of aliphatic hydroxyl groups is 1. The van der Waals surface area contributed by atoms with Crippen molar-refractivity contribution in [2.75, 3.05) is 26.2 Å². The van der Waals surface area contributed by atoms with Crippen LogP contribution in [-0.2, 0) is 4.79 Å². The first-order valence-corrected chi connectivity index (χ1v) is 7.78. The van der Waals surface area contributed by atoms with Crippen LogP contribution in [0.4, 0.5) is 0 Å². The summed E-state index contributed by atoms with van der Waals surface area (Å²) < 4.78 is 0. The molecule has 0 aliphatic carbocycles. The molecule has 2 N–H and O–H groups in total. The zero-order valence-corrected chi connectivity index (χ0v) is 13.0. The van der Waals surface area contributed by atoms with Gasteiger partial charge in [-0.3, -0.25) is 9.69 Å². The number of carbonyl (C=O) groups excluding carboxylic acids is 1. The molecule has 3 atom stereocenters. The highest BCUT2D eigenvalue weighted by atomic mass is 16.3. The summed E-state index contributed by atoms with van der Waals surface area (Å²) in [6.45, 7) is 6.32. The summed E-state index contributed by atoms with van der Waals surface area (Å²) in [5, 5.41) is 12.4. The number of rotatable bonds is 6. The number of benzene rings is 1. The molecular weight excluding hydrogens is 264 g/mol. The van der Waals surface area contributed by atoms with Crippen molar-refractivity contribution >= 4 is 5.91 Å². The molecule has 1 saturated heterocycles. The molecule has 0 aromatic heterocycles. The first-order chi connectivity index (χ1) is 10.1. The van der Waals surface area contributed by atoms with Crippen molar-refractivity contribution in [3.05, 3.63) is 35.9 Å². The Morgan fingerprint density at radius 3 is 2.81 bits per heavy atom. The van der Waals surface area contributed by atoms with E-state index in [0.29, 0.717) is 24.9 Å². The molecule has 1 aliphatic rings. The highest BCUT2D eigenvalue weighted by molar-refractivity contribution is 5.78. The van der Waals surface area contributed by atoms with E-state index in [-0.39, 0.29) is 18.6 Å². The van der Waals surface area contributed by atoms with Crippen LogP contribution in [0.5, 0.6) is 0 Å². The highest BCUT2D eigenvalue weighted by Gasteiger charge is 2.31. The van der Waals surface area contributed by atoms with Gasteiger partial charge in [-0.05, 0) is 30.4 Å². The largest absolute Gasteiger partial charge is 0.395 e. The Morgan fingerprint density at radius 2 is 2.14 bits per heavy atom. The normalized spacial score (nSPS) is 24.0. The maximum absolute atomic E-state index is 12.1. The van der Waals surface area contributed by atoms with Gasteiger partial charge < -0.3 is 10.4 Å². The molecule has 2 rings (SSSR count). The highest BCUT2D eigenvalue weighted by Crippen LogP contribution is 2.22. The molecule has 0 radical (unpaired) electrons. The summed E-state index contributed by atoms with van der Waals surface area (Å²) in [5.74, 6) is 0.817. The fraction of sp³-hybridized carbons (Fsp3) is 0.588. The van der Waals surface area contributed by atoms with E-state index in [1.54, 1.807) is 0 Å². The number of hydrogen-bond acceptors (Lipinski definition) is 3. The van der Waals surface area contributed by atoms with Gasteiger partial charge in [-0.2, -0.15) is 0 Å². The topological polar surface area (TPSA) is 52.6 Å². The van der Waals surface area contributed by atoms with Crippen LogP contribution in [0, 0.1) is 5.92 Å².